The van der Waals surface area contributed by atoms with Crippen LogP contribution in [0.25, 0.3) is 0 Å². The Kier molecular flexibility index (Phi) is 6.14. The van der Waals surface area contributed by atoms with Crippen molar-refractivity contribution in [3.05, 3.63) is 18.2 Å². The van der Waals surface area contributed by atoms with E-state index in [0.29, 0.717) is 48.1 Å². The quantitative estimate of drug-likeness (QED) is 0.637. The molecule has 0 unspecified atom stereocenters. The summed E-state index contributed by atoms with van der Waals surface area (Å²) >= 11 is 1.33. The fraction of sp³-hybridized carbons (Fsp3) is 0.526. The van der Waals surface area contributed by atoms with Crippen LogP contribution in [0.4, 0.5) is 5.69 Å². The van der Waals surface area contributed by atoms with Gasteiger partial charge in [0.15, 0.2) is 11.5 Å². The molecule has 1 aromatic carbocycles. The lowest BCUT2D eigenvalue weighted by molar-refractivity contribution is -0.116. The van der Waals surface area contributed by atoms with Gasteiger partial charge in [0.1, 0.15) is 13.2 Å². The average Bonchev–Trinajstić information content (AvgIpc) is 3.44. The lowest BCUT2D eigenvalue weighted by Crippen LogP contribution is -2.33. The summed E-state index contributed by atoms with van der Waals surface area (Å²) in [6.45, 7) is 1.29. The van der Waals surface area contributed by atoms with Crippen molar-refractivity contribution < 1.29 is 14.3 Å². The summed E-state index contributed by atoms with van der Waals surface area (Å²) in [6, 6.07) is 7.82. The highest BCUT2D eigenvalue weighted by molar-refractivity contribution is 7.99. The molecule has 0 spiro atoms. The second-order valence-electron chi connectivity index (χ2n) is 6.91. The number of tetrazole rings is 1. The van der Waals surface area contributed by atoms with Crippen molar-refractivity contribution in [3.8, 4) is 17.6 Å². The van der Waals surface area contributed by atoms with Crippen LogP contribution in [0.5, 0.6) is 11.5 Å². The van der Waals surface area contributed by atoms with Crippen LogP contribution in [0.1, 0.15) is 38.1 Å². The van der Waals surface area contributed by atoms with E-state index in [0.717, 1.165) is 12.8 Å². The van der Waals surface area contributed by atoms with Crippen LogP contribution < -0.4 is 14.4 Å². The third-order valence-corrected chi connectivity index (χ3v) is 5.96. The van der Waals surface area contributed by atoms with E-state index in [9.17, 15) is 4.79 Å². The Morgan fingerprint density at radius 1 is 1.28 bits per heavy atom. The van der Waals surface area contributed by atoms with E-state index in [4.69, 9.17) is 14.7 Å². The van der Waals surface area contributed by atoms with Gasteiger partial charge in [-0.15, -0.1) is 5.10 Å². The fourth-order valence-electron chi connectivity index (χ4n) is 3.62. The first-order valence-electron chi connectivity index (χ1n) is 9.74. The monoisotopic (exact) mass is 414 g/mol. The van der Waals surface area contributed by atoms with Gasteiger partial charge in [-0.05, 0) is 35.4 Å². The highest BCUT2D eigenvalue weighted by Crippen LogP contribution is 2.35. The molecular weight excluding hydrogens is 392 g/mol. The molecule has 1 aliphatic heterocycles. The maximum atomic E-state index is 13.0. The first-order valence-corrected chi connectivity index (χ1v) is 10.7. The van der Waals surface area contributed by atoms with Crippen molar-refractivity contribution >= 4 is 23.4 Å². The molecule has 1 fully saturated rings. The number of rotatable bonds is 7. The van der Waals surface area contributed by atoms with Gasteiger partial charge in [0.2, 0.25) is 11.1 Å². The number of carbonyl (C=O) groups is 1. The highest BCUT2D eigenvalue weighted by atomic mass is 32.2. The van der Waals surface area contributed by atoms with Gasteiger partial charge in [0.05, 0.1) is 24.3 Å². The van der Waals surface area contributed by atoms with Crippen molar-refractivity contribution in [1.82, 2.24) is 20.2 Å². The van der Waals surface area contributed by atoms with Gasteiger partial charge >= 0.3 is 0 Å². The van der Waals surface area contributed by atoms with E-state index < -0.39 is 0 Å². The zero-order chi connectivity index (χ0) is 20.1. The molecule has 0 saturated heterocycles. The van der Waals surface area contributed by atoms with Crippen LogP contribution in [0, 0.1) is 11.3 Å². The number of carbonyl (C=O) groups excluding carboxylic acids is 1. The van der Waals surface area contributed by atoms with Crippen molar-refractivity contribution in [1.29, 1.82) is 5.26 Å². The summed E-state index contributed by atoms with van der Waals surface area (Å²) < 4.78 is 13.0. The molecule has 1 saturated carbocycles. The van der Waals surface area contributed by atoms with Gasteiger partial charge in [-0.1, -0.05) is 24.6 Å². The molecule has 4 rings (SSSR count). The number of benzene rings is 1. The molecule has 0 bridgehead atoms. The average molecular weight is 414 g/mol. The number of anilines is 1. The SMILES string of the molecule is N#CCCN(C(=O)CSc1nnnn1C1CCCC1)c1ccc2c(c1)OCCO2. The second-order valence-corrected chi connectivity index (χ2v) is 7.86. The Morgan fingerprint density at radius 3 is 2.86 bits per heavy atom. The number of fused-ring (bicyclic) bond motifs is 1. The predicted octanol–water partition coefficient (Wildman–Crippen LogP) is 2.60. The number of nitriles is 1. The Bertz CT molecular complexity index is 906. The van der Waals surface area contributed by atoms with Gasteiger partial charge in [0, 0.05) is 18.3 Å². The molecule has 1 amide bonds. The van der Waals surface area contributed by atoms with Crippen LogP contribution in [0.3, 0.4) is 0 Å². The van der Waals surface area contributed by atoms with Crippen LogP contribution >= 0.6 is 11.8 Å². The molecule has 0 N–H and O–H groups in total. The molecule has 0 atom stereocenters. The van der Waals surface area contributed by atoms with Gasteiger partial charge in [-0.2, -0.15) is 5.26 Å². The van der Waals surface area contributed by atoms with Crippen molar-refractivity contribution in [3.63, 3.8) is 0 Å². The molecule has 9 nitrogen and oxygen atoms in total. The van der Waals surface area contributed by atoms with Crippen LogP contribution in [-0.2, 0) is 4.79 Å². The summed E-state index contributed by atoms with van der Waals surface area (Å²) in [4.78, 5) is 14.6. The molecule has 152 valence electrons. The minimum Gasteiger partial charge on any atom is -0.486 e. The summed E-state index contributed by atoms with van der Waals surface area (Å²) in [6.07, 6.45) is 4.74. The largest absolute Gasteiger partial charge is 0.486 e. The minimum absolute atomic E-state index is 0.108. The number of nitrogens with zero attached hydrogens (tertiary/aromatic N) is 6. The number of thioether (sulfide) groups is 1. The highest BCUT2D eigenvalue weighted by Gasteiger charge is 2.24. The van der Waals surface area contributed by atoms with Crippen molar-refractivity contribution in [2.24, 2.45) is 0 Å². The third kappa shape index (κ3) is 4.45. The molecular formula is C19H22N6O3S. The van der Waals surface area contributed by atoms with E-state index in [1.54, 1.807) is 17.0 Å². The Labute approximate surface area is 173 Å². The normalized spacial score (nSPS) is 15.8. The molecule has 0 radical (unpaired) electrons. The van der Waals surface area contributed by atoms with Crippen LogP contribution in [-0.4, -0.2) is 51.6 Å². The van der Waals surface area contributed by atoms with E-state index in [1.807, 2.05) is 10.7 Å². The summed E-state index contributed by atoms with van der Waals surface area (Å²) in [5.41, 5.74) is 0.686. The maximum absolute atomic E-state index is 13.0. The number of ether oxygens (including phenoxy) is 2. The fourth-order valence-corrected chi connectivity index (χ4v) is 4.44. The van der Waals surface area contributed by atoms with E-state index in [1.165, 1.54) is 24.6 Å². The molecule has 2 heterocycles. The first kappa shape index (κ1) is 19.5. The zero-order valence-corrected chi connectivity index (χ0v) is 16.8. The first-order chi connectivity index (χ1) is 14.3. The molecule has 10 heteroatoms. The van der Waals surface area contributed by atoms with Gasteiger partial charge in [-0.25, -0.2) is 4.68 Å². The van der Waals surface area contributed by atoms with Gasteiger partial charge < -0.3 is 14.4 Å². The van der Waals surface area contributed by atoms with Crippen LogP contribution in [0.15, 0.2) is 23.4 Å². The minimum atomic E-state index is -0.108. The third-order valence-electron chi connectivity index (χ3n) is 5.04. The van der Waals surface area contributed by atoms with Gasteiger partial charge in [-0.3, -0.25) is 4.79 Å². The van der Waals surface area contributed by atoms with Gasteiger partial charge in [0.25, 0.3) is 0 Å². The molecule has 1 aliphatic carbocycles. The number of hydrogen-bond acceptors (Lipinski definition) is 8. The lowest BCUT2D eigenvalue weighted by atomic mass is 10.2. The van der Waals surface area contributed by atoms with E-state index >= 15 is 0 Å². The molecule has 2 aliphatic rings. The van der Waals surface area contributed by atoms with Crippen LogP contribution in [0.2, 0.25) is 0 Å². The smallest absolute Gasteiger partial charge is 0.237 e. The zero-order valence-electron chi connectivity index (χ0n) is 16.0. The Balaban J connectivity index is 1.47. The molecule has 2 aromatic rings. The number of hydrogen-bond donors (Lipinski definition) is 0. The van der Waals surface area contributed by atoms with Crippen molar-refractivity contribution in [2.75, 3.05) is 30.4 Å². The lowest BCUT2D eigenvalue weighted by Gasteiger charge is -2.24. The van der Waals surface area contributed by atoms with Crippen molar-refractivity contribution in [2.45, 2.75) is 43.3 Å². The standard InChI is InChI=1S/C19H22N6O3S/c20-8-3-9-24(15-6-7-16-17(12-15)28-11-10-27-16)18(26)13-29-19-21-22-23-25(19)14-4-1-2-5-14/h6-7,12,14H,1-5,9-11,13H2. The summed E-state index contributed by atoms with van der Waals surface area (Å²) in [7, 11) is 0. The number of amides is 1. The molecule has 1 aromatic heterocycles. The molecule has 29 heavy (non-hydrogen) atoms. The Morgan fingerprint density at radius 2 is 2.07 bits per heavy atom. The topological polar surface area (TPSA) is 106 Å². The summed E-state index contributed by atoms with van der Waals surface area (Å²) in [5.74, 6) is 1.36. The summed E-state index contributed by atoms with van der Waals surface area (Å²) in [5, 5.41) is 21.7. The number of aromatic nitrogens is 4. The predicted molar refractivity (Wildman–Crippen MR) is 106 cm³/mol. The second kappa shape index (κ2) is 9.13. The maximum Gasteiger partial charge on any atom is 0.237 e. The Hall–Kier alpha value is -2.80. The van der Waals surface area contributed by atoms with E-state index in [2.05, 4.69) is 21.6 Å². The van der Waals surface area contributed by atoms with E-state index in [-0.39, 0.29) is 18.1 Å².